The van der Waals surface area contributed by atoms with E-state index in [0.717, 1.165) is 77.9 Å². The number of hydrogen-bond donors (Lipinski definition) is 2. The van der Waals surface area contributed by atoms with Crippen LogP contribution in [0, 0.1) is 11.8 Å². The Hall–Kier alpha value is -1.46. The van der Waals surface area contributed by atoms with Gasteiger partial charge in [0.05, 0.1) is 6.54 Å². The Morgan fingerprint density at radius 1 is 1.07 bits per heavy atom. The Labute approximate surface area is 254 Å². The Kier molecular flexibility index (Phi) is 24.3. The van der Waals surface area contributed by atoms with E-state index in [4.69, 9.17) is 16.6 Å². The maximum absolute atomic E-state index is 7.07. The molecule has 0 saturated carbocycles. The van der Waals surface area contributed by atoms with Crippen molar-refractivity contribution in [3.63, 3.8) is 0 Å². The minimum Gasteiger partial charge on any atom is -0.317 e. The molecule has 5 heteroatoms. The monoisotopic (exact) mass is 574 g/mol. The molecule has 0 aliphatic carbocycles. The fourth-order valence-corrected chi connectivity index (χ4v) is 5.24. The number of nitrogens with one attached hydrogen (secondary N) is 2. The quantitative estimate of drug-likeness (QED) is 0.0400. The fraction of sp³-hybridized carbons (Fsp3) is 0.686. The van der Waals surface area contributed by atoms with Gasteiger partial charge in [-0.2, -0.15) is 0 Å². The zero-order valence-electron chi connectivity index (χ0n) is 27.4. The summed E-state index contributed by atoms with van der Waals surface area (Å²) < 4.78 is 0. The van der Waals surface area contributed by atoms with Crippen molar-refractivity contribution in [1.29, 1.82) is 0 Å². The molecule has 0 rings (SSSR count). The number of likely N-dealkylation sites (N-methyl/N-ethyl adjacent to an activating group) is 1. The summed E-state index contributed by atoms with van der Waals surface area (Å²) in [4.78, 5) is 7.18. The van der Waals surface area contributed by atoms with Crippen molar-refractivity contribution in [2.24, 2.45) is 16.8 Å². The van der Waals surface area contributed by atoms with Gasteiger partial charge in [-0.15, -0.1) is 11.6 Å². The van der Waals surface area contributed by atoms with E-state index in [-0.39, 0.29) is 5.38 Å². The SMILES string of the molecule is C=CC=CCC(=C(C)CC)C(CC)C(Cl)C(C)C=CCNCC(=CC)CCC(C)=NCCN(C)CCCNCC. The van der Waals surface area contributed by atoms with Crippen molar-refractivity contribution < 1.29 is 0 Å². The van der Waals surface area contributed by atoms with Gasteiger partial charge in [0.15, 0.2) is 0 Å². The lowest BCUT2D eigenvalue weighted by atomic mass is 9.82. The molecule has 3 unspecified atom stereocenters. The molecule has 0 radical (unpaired) electrons. The van der Waals surface area contributed by atoms with Gasteiger partial charge in [-0.25, -0.2) is 0 Å². The molecular formula is C35H63ClN4. The minimum atomic E-state index is 0.0843. The molecule has 0 aliphatic rings. The highest BCUT2D eigenvalue weighted by Gasteiger charge is 2.25. The van der Waals surface area contributed by atoms with Crippen LogP contribution in [0.3, 0.4) is 0 Å². The lowest BCUT2D eigenvalue weighted by molar-refractivity contribution is 0.336. The predicted octanol–water partition coefficient (Wildman–Crippen LogP) is 8.38. The number of alkyl halides is 1. The Morgan fingerprint density at radius 3 is 2.45 bits per heavy atom. The first-order chi connectivity index (χ1) is 19.2. The third kappa shape index (κ3) is 18.1. The number of rotatable bonds is 24. The van der Waals surface area contributed by atoms with E-state index >= 15 is 0 Å². The van der Waals surface area contributed by atoms with Crippen LogP contribution in [0.4, 0.5) is 0 Å². The molecular weight excluding hydrogens is 512 g/mol. The van der Waals surface area contributed by atoms with Crippen LogP contribution in [0.25, 0.3) is 0 Å². The predicted molar refractivity (Wildman–Crippen MR) is 183 cm³/mol. The van der Waals surface area contributed by atoms with Crippen molar-refractivity contribution in [1.82, 2.24) is 15.5 Å². The van der Waals surface area contributed by atoms with Crippen LogP contribution in [0.5, 0.6) is 0 Å². The number of nitrogens with zero attached hydrogens (tertiary/aromatic N) is 2. The zero-order valence-corrected chi connectivity index (χ0v) is 28.1. The van der Waals surface area contributed by atoms with Crippen molar-refractivity contribution in [2.45, 2.75) is 92.4 Å². The number of hydrogen-bond acceptors (Lipinski definition) is 4. The number of aliphatic imine (C=N–C) groups is 1. The summed E-state index contributed by atoms with van der Waals surface area (Å²) in [6.45, 7) is 26.2. The second kappa shape index (κ2) is 25.3. The standard InChI is InChI=1S/C35H63ClN4/c1-10-15-16-20-34(29(6)11-2)33(13-4)35(36)30(7)19-17-23-38-28-32(12-3)22-21-31(8)39-25-27-40(9)26-18-24-37-14-5/h10,12,15-17,19,30,33,35,37-38H,1,11,13-14,18,20-28H2,2-9H3. The lowest BCUT2D eigenvalue weighted by Crippen LogP contribution is -2.26. The van der Waals surface area contributed by atoms with E-state index < -0.39 is 0 Å². The van der Waals surface area contributed by atoms with Gasteiger partial charge >= 0.3 is 0 Å². The van der Waals surface area contributed by atoms with Crippen molar-refractivity contribution in [3.05, 3.63) is 59.8 Å². The molecule has 0 amide bonds. The van der Waals surface area contributed by atoms with Gasteiger partial charge in [-0.05, 0) is 97.8 Å². The van der Waals surface area contributed by atoms with Crippen molar-refractivity contribution >= 4 is 17.3 Å². The van der Waals surface area contributed by atoms with Gasteiger partial charge in [-0.1, -0.05) is 87.4 Å². The summed E-state index contributed by atoms with van der Waals surface area (Å²) >= 11 is 7.07. The average molecular weight is 575 g/mol. The van der Waals surface area contributed by atoms with Crippen LogP contribution >= 0.6 is 11.6 Å². The van der Waals surface area contributed by atoms with Crippen LogP contribution < -0.4 is 10.6 Å². The molecule has 0 fully saturated rings. The first kappa shape index (κ1) is 38.5. The molecule has 230 valence electrons. The normalized spacial score (nSPS) is 16.1. The summed E-state index contributed by atoms with van der Waals surface area (Å²) in [6.07, 6.45) is 19.2. The van der Waals surface area contributed by atoms with Crippen LogP contribution in [0.1, 0.15) is 87.0 Å². The van der Waals surface area contributed by atoms with Gasteiger partial charge < -0.3 is 15.5 Å². The second-order valence-corrected chi connectivity index (χ2v) is 11.5. The summed E-state index contributed by atoms with van der Waals surface area (Å²) in [5, 5.41) is 7.06. The van der Waals surface area contributed by atoms with Crippen LogP contribution in [-0.2, 0) is 0 Å². The van der Waals surface area contributed by atoms with Gasteiger partial charge in [0.2, 0.25) is 0 Å². The number of allylic oxidation sites excluding steroid dienone is 7. The van der Waals surface area contributed by atoms with E-state index in [2.05, 4.69) is 102 Å². The second-order valence-electron chi connectivity index (χ2n) is 11.0. The summed E-state index contributed by atoms with van der Waals surface area (Å²) in [6, 6.07) is 0. The molecule has 4 nitrogen and oxygen atoms in total. The topological polar surface area (TPSA) is 39.7 Å². The Morgan fingerprint density at radius 2 is 1.82 bits per heavy atom. The molecule has 0 heterocycles. The van der Waals surface area contributed by atoms with E-state index in [1.807, 2.05) is 12.2 Å². The molecule has 0 bridgehead atoms. The maximum Gasteiger partial charge on any atom is 0.0515 e. The third-order valence-electron chi connectivity index (χ3n) is 7.74. The van der Waals surface area contributed by atoms with Crippen molar-refractivity contribution in [2.75, 3.05) is 52.9 Å². The van der Waals surface area contributed by atoms with Gasteiger partial charge in [0, 0.05) is 30.7 Å². The summed E-state index contributed by atoms with van der Waals surface area (Å²) in [7, 11) is 2.19. The highest BCUT2D eigenvalue weighted by atomic mass is 35.5. The largest absolute Gasteiger partial charge is 0.317 e. The van der Waals surface area contributed by atoms with Crippen LogP contribution in [-0.4, -0.2) is 68.8 Å². The highest BCUT2D eigenvalue weighted by molar-refractivity contribution is 6.21. The fourth-order valence-electron chi connectivity index (χ4n) is 4.82. The minimum absolute atomic E-state index is 0.0843. The molecule has 0 saturated heterocycles. The van der Waals surface area contributed by atoms with Gasteiger partial charge in [-0.3, -0.25) is 4.99 Å². The van der Waals surface area contributed by atoms with E-state index in [1.165, 1.54) is 28.9 Å². The smallest absolute Gasteiger partial charge is 0.0515 e. The van der Waals surface area contributed by atoms with E-state index in [0.29, 0.717) is 11.8 Å². The highest BCUT2D eigenvalue weighted by Crippen LogP contribution is 2.34. The molecule has 0 aliphatic heterocycles. The molecule has 40 heavy (non-hydrogen) atoms. The van der Waals surface area contributed by atoms with Crippen LogP contribution in [0.15, 0.2) is 64.7 Å². The molecule has 0 aromatic rings. The van der Waals surface area contributed by atoms with E-state index in [9.17, 15) is 0 Å². The molecule has 3 atom stereocenters. The van der Waals surface area contributed by atoms with Crippen LogP contribution in [0.2, 0.25) is 0 Å². The van der Waals surface area contributed by atoms with E-state index in [1.54, 1.807) is 0 Å². The first-order valence-electron chi connectivity index (χ1n) is 15.8. The van der Waals surface area contributed by atoms with Crippen molar-refractivity contribution in [3.8, 4) is 0 Å². The van der Waals surface area contributed by atoms with Gasteiger partial charge in [0.1, 0.15) is 0 Å². The lowest BCUT2D eigenvalue weighted by Gasteiger charge is -2.28. The molecule has 0 spiro atoms. The molecule has 0 aromatic heterocycles. The molecule has 0 aromatic carbocycles. The average Bonchev–Trinajstić information content (AvgIpc) is 2.95. The summed E-state index contributed by atoms with van der Waals surface area (Å²) in [5.74, 6) is 0.690. The Bertz CT molecular complexity index is 808. The maximum atomic E-state index is 7.07. The third-order valence-corrected chi connectivity index (χ3v) is 8.44. The molecule has 2 N–H and O–H groups in total. The number of halogens is 1. The Balaban J connectivity index is 4.59. The zero-order chi connectivity index (χ0) is 30.2. The first-order valence-corrected chi connectivity index (χ1v) is 16.2. The summed E-state index contributed by atoms with van der Waals surface area (Å²) in [5.41, 5.74) is 5.64. The van der Waals surface area contributed by atoms with Gasteiger partial charge in [0.25, 0.3) is 0 Å².